The molecule has 5 rings (SSSR count). The first kappa shape index (κ1) is 26.6. The molecule has 2 aliphatic rings. The number of hydrogen-bond donors (Lipinski definition) is 2. The second kappa shape index (κ2) is 9.66. The zero-order chi connectivity index (χ0) is 27.4. The lowest BCUT2D eigenvalue weighted by Gasteiger charge is -2.42. The van der Waals surface area contributed by atoms with Gasteiger partial charge in [0.25, 0.3) is 5.91 Å². The number of pyridine rings is 1. The van der Waals surface area contributed by atoms with Crippen LogP contribution in [0.3, 0.4) is 0 Å². The van der Waals surface area contributed by atoms with Crippen LogP contribution in [0.15, 0.2) is 53.6 Å². The normalized spacial score (nSPS) is 24.8. The molecule has 0 spiro atoms. The summed E-state index contributed by atoms with van der Waals surface area (Å²) in [5, 5.41) is 13.0. The lowest BCUT2D eigenvalue weighted by atomic mass is 9.71. The van der Waals surface area contributed by atoms with Gasteiger partial charge in [-0.15, -0.1) is 0 Å². The van der Waals surface area contributed by atoms with Gasteiger partial charge in [-0.25, -0.2) is 21.6 Å². The molecule has 6 nitrogen and oxygen atoms in total. The fraction of sp³-hybridized carbons (Fsp3) is 0.333. The van der Waals surface area contributed by atoms with E-state index in [-0.39, 0.29) is 45.8 Å². The van der Waals surface area contributed by atoms with E-state index in [1.54, 1.807) is 6.20 Å². The number of nitrogens with one attached hydrogen (secondary N) is 1. The monoisotopic (exact) mass is 564 g/mol. The smallest absolute Gasteiger partial charge is 0.255 e. The Labute approximate surface area is 222 Å². The Hall–Kier alpha value is -2.95. The van der Waals surface area contributed by atoms with Crippen LogP contribution in [0.1, 0.15) is 47.3 Å². The summed E-state index contributed by atoms with van der Waals surface area (Å²) in [7, 11) is -4.01. The molecule has 0 aliphatic heterocycles. The number of aliphatic hydroxyl groups is 1. The molecule has 2 atom stereocenters. The summed E-state index contributed by atoms with van der Waals surface area (Å²) < 4.78 is 67.8. The van der Waals surface area contributed by atoms with E-state index < -0.39 is 44.0 Å². The van der Waals surface area contributed by atoms with Crippen LogP contribution in [-0.2, 0) is 15.4 Å². The third kappa shape index (κ3) is 4.48. The van der Waals surface area contributed by atoms with Crippen LogP contribution in [0.2, 0.25) is 5.02 Å². The molecular weight excluding hydrogens is 541 g/mol. The second-order valence-corrected chi connectivity index (χ2v) is 12.6. The summed E-state index contributed by atoms with van der Waals surface area (Å²) in [5.74, 6) is -6.07. The van der Waals surface area contributed by atoms with Crippen LogP contribution in [0.5, 0.6) is 0 Å². The Morgan fingerprint density at radius 2 is 1.68 bits per heavy atom. The SMILES string of the molecule is Cc1ccc([C@]2(O)C3CCC2C[C@@H](S(=O)(=O)c2cc(C(=O)Nc4cc(F)c(F)c(F)c4)ccc2Cl)C3)cn1. The maximum Gasteiger partial charge on any atom is 0.255 e. The second-order valence-electron chi connectivity index (χ2n) is 9.98. The number of halogens is 4. The van der Waals surface area contributed by atoms with Gasteiger partial charge in [0, 0.05) is 40.8 Å². The van der Waals surface area contributed by atoms with E-state index in [0.29, 0.717) is 30.5 Å². The van der Waals surface area contributed by atoms with Crippen molar-refractivity contribution < 1.29 is 31.5 Å². The Kier molecular flexibility index (Phi) is 6.77. The molecule has 2 aromatic carbocycles. The Bertz CT molecular complexity index is 1490. The maximum absolute atomic E-state index is 13.7. The molecule has 2 bridgehead atoms. The van der Waals surface area contributed by atoms with E-state index in [1.165, 1.54) is 12.1 Å². The Morgan fingerprint density at radius 1 is 1.05 bits per heavy atom. The third-order valence-electron chi connectivity index (χ3n) is 7.76. The number of carbonyl (C=O) groups is 1. The molecule has 1 amide bonds. The summed E-state index contributed by atoms with van der Waals surface area (Å²) in [6.07, 6.45) is 3.41. The summed E-state index contributed by atoms with van der Waals surface area (Å²) in [6, 6.07) is 8.55. The molecule has 2 aliphatic carbocycles. The van der Waals surface area contributed by atoms with Crippen LogP contribution < -0.4 is 5.32 Å². The number of amides is 1. The van der Waals surface area contributed by atoms with Gasteiger partial charge in [0.2, 0.25) is 0 Å². The first-order valence-electron chi connectivity index (χ1n) is 12.1. The minimum atomic E-state index is -4.01. The van der Waals surface area contributed by atoms with Gasteiger partial charge in [0.05, 0.1) is 20.8 Å². The molecule has 11 heteroatoms. The summed E-state index contributed by atoms with van der Waals surface area (Å²) in [5.41, 5.74) is -0.123. The quantitative estimate of drug-likeness (QED) is 0.395. The molecule has 3 aromatic rings. The number of anilines is 1. The number of sulfone groups is 1. The van der Waals surface area contributed by atoms with Crippen molar-refractivity contribution in [3.05, 3.63) is 88.0 Å². The average molecular weight is 565 g/mol. The van der Waals surface area contributed by atoms with Crippen LogP contribution in [0, 0.1) is 36.2 Å². The molecule has 2 N–H and O–H groups in total. The van der Waals surface area contributed by atoms with Gasteiger partial charge < -0.3 is 10.4 Å². The van der Waals surface area contributed by atoms with Crippen molar-refractivity contribution >= 4 is 33.0 Å². The van der Waals surface area contributed by atoms with Gasteiger partial charge in [0.15, 0.2) is 27.3 Å². The summed E-state index contributed by atoms with van der Waals surface area (Å²) in [6.45, 7) is 1.85. The average Bonchev–Trinajstić information content (AvgIpc) is 3.04. The molecule has 2 saturated carbocycles. The van der Waals surface area contributed by atoms with E-state index in [9.17, 15) is 31.5 Å². The number of nitrogens with zero attached hydrogens (tertiary/aromatic N) is 1. The minimum absolute atomic E-state index is 0.0728. The Morgan fingerprint density at radius 3 is 2.26 bits per heavy atom. The fourth-order valence-electron chi connectivity index (χ4n) is 5.80. The highest BCUT2D eigenvalue weighted by atomic mass is 35.5. The van der Waals surface area contributed by atoms with E-state index >= 15 is 0 Å². The number of benzene rings is 2. The largest absolute Gasteiger partial charge is 0.385 e. The van der Waals surface area contributed by atoms with Crippen molar-refractivity contribution in [3.8, 4) is 0 Å². The predicted octanol–water partition coefficient (Wildman–Crippen LogP) is 5.56. The number of carbonyl (C=O) groups excluding carboxylic acids is 1. The lowest BCUT2D eigenvalue weighted by Crippen LogP contribution is -2.46. The molecule has 2 unspecified atom stereocenters. The maximum atomic E-state index is 13.7. The molecular formula is C27H24ClF3N2O4S. The van der Waals surface area contributed by atoms with Gasteiger partial charge in [0.1, 0.15) is 0 Å². The van der Waals surface area contributed by atoms with Crippen molar-refractivity contribution in [1.82, 2.24) is 4.98 Å². The molecule has 1 heterocycles. The van der Waals surface area contributed by atoms with Crippen molar-refractivity contribution in [2.24, 2.45) is 11.8 Å². The molecule has 1 aromatic heterocycles. The number of aromatic nitrogens is 1. The highest BCUT2D eigenvalue weighted by molar-refractivity contribution is 7.92. The zero-order valence-electron chi connectivity index (χ0n) is 20.2. The standard InChI is InChI=1S/C27H24ClF3N2O4S/c1-14-2-4-18(13-32-14)27(35)16-5-6-17(27)10-20(9-16)38(36,37)24-8-15(3-7-21(24)28)26(34)33-19-11-22(29)25(31)23(30)12-19/h2-4,7-8,11-13,16-17,20,35H,5-6,9-10H2,1H3,(H,33,34)/t16?,17?,20-,27-. The topological polar surface area (TPSA) is 96.4 Å². The Balaban J connectivity index is 1.40. The van der Waals surface area contributed by atoms with E-state index in [1.807, 2.05) is 19.1 Å². The van der Waals surface area contributed by atoms with Crippen molar-refractivity contribution in [3.63, 3.8) is 0 Å². The first-order chi connectivity index (χ1) is 17.9. The number of rotatable bonds is 5. The van der Waals surface area contributed by atoms with Crippen molar-refractivity contribution in [2.45, 2.75) is 48.4 Å². The summed E-state index contributed by atoms with van der Waals surface area (Å²) >= 11 is 6.27. The first-order valence-corrected chi connectivity index (χ1v) is 14.0. The number of hydrogen-bond acceptors (Lipinski definition) is 5. The highest BCUT2D eigenvalue weighted by Crippen LogP contribution is 2.56. The molecule has 38 heavy (non-hydrogen) atoms. The highest BCUT2D eigenvalue weighted by Gasteiger charge is 2.56. The van der Waals surface area contributed by atoms with Gasteiger partial charge in [-0.2, -0.15) is 0 Å². The molecule has 0 radical (unpaired) electrons. The number of aryl methyl sites for hydroxylation is 1. The van der Waals surface area contributed by atoms with E-state index in [4.69, 9.17) is 11.6 Å². The van der Waals surface area contributed by atoms with Crippen LogP contribution in [0.25, 0.3) is 0 Å². The molecule has 2 fully saturated rings. The predicted molar refractivity (Wildman–Crippen MR) is 135 cm³/mol. The zero-order valence-corrected chi connectivity index (χ0v) is 21.8. The lowest BCUT2D eigenvalue weighted by molar-refractivity contribution is -0.0649. The molecule has 0 saturated heterocycles. The van der Waals surface area contributed by atoms with E-state index in [0.717, 1.165) is 11.8 Å². The fourth-order valence-corrected chi connectivity index (χ4v) is 8.21. The molecule has 200 valence electrons. The minimum Gasteiger partial charge on any atom is -0.385 e. The van der Waals surface area contributed by atoms with Crippen LogP contribution >= 0.6 is 11.6 Å². The van der Waals surface area contributed by atoms with Gasteiger partial charge in [-0.3, -0.25) is 9.78 Å². The van der Waals surface area contributed by atoms with Crippen molar-refractivity contribution in [1.29, 1.82) is 0 Å². The van der Waals surface area contributed by atoms with Crippen molar-refractivity contribution in [2.75, 3.05) is 5.32 Å². The van der Waals surface area contributed by atoms with Crippen LogP contribution in [0.4, 0.5) is 18.9 Å². The number of fused-ring (bicyclic) bond motifs is 2. The van der Waals surface area contributed by atoms with E-state index in [2.05, 4.69) is 10.3 Å². The van der Waals surface area contributed by atoms with Gasteiger partial charge in [-0.05, 0) is 68.7 Å². The van der Waals surface area contributed by atoms with Gasteiger partial charge in [-0.1, -0.05) is 17.7 Å². The third-order valence-corrected chi connectivity index (χ3v) is 10.4. The summed E-state index contributed by atoms with van der Waals surface area (Å²) in [4.78, 5) is 16.8. The van der Waals surface area contributed by atoms with Crippen LogP contribution in [-0.4, -0.2) is 29.7 Å². The van der Waals surface area contributed by atoms with Gasteiger partial charge >= 0.3 is 0 Å².